The maximum Gasteiger partial charge on any atom is 0.211 e. The van der Waals surface area contributed by atoms with Gasteiger partial charge in [0.2, 0.25) is 10.0 Å². The Morgan fingerprint density at radius 2 is 1.81 bits per heavy atom. The minimum atomic E-state index is -3.31. The fourth-order valence-electron chi connectivity index (χ4n) is 4.00. The molecule has 0 unspecified atom stereocenters. The Labute approximate surface area is 206 Å². The summed E-state index contributed by atoms with van der Waals surface area (Å²) in [6.45, 7) is 0.978. The number of fused-ring (bicyclic) bond motifs is 1. The summed E-state index contributed by atoms with van der Waals surface area (Å²) in [7, 11) is -3.31. The first-order valence-corrected chi connectivity index (χ1v) is 12.7. The van der Waals surface area contributed by atoms with Crippen LogP contribution in [0.1, 0.15) is 11.3 Å². The van der Waals surface area contributed by atoms with Crippen molar-refractivity contribution in [3.8, 4) is 40.0 Å². The van der Waals surface area contributed by atoms with Crippen LogP contribution in [0.4, 0.5) is 8.78 Å². The highest BCUT2D eigenvalue weighted by atomic mass is 32.2. The zero-order valence-corrected chi connectivity index (χ0v) is 19.8. The molecule has 4 aromatic rings. The van der Waals surface area contributed by atoms with Crippen molar-refractivity contribution in [2.45, 2.75) is 13.1 Å². The summed E-state index contributed by atoms with van der Waals surface area (Å²) in [6, 6.07) is 14.1. The lowest BCUT2D eigenvalue weighted by Crippen LogP contribution is -2.37. The monoisotopic (exact) mass is 507 g/mol. The first-order chi connectivity index (χ1) is 17.2. The number of benzene rings is 2. The third-order valence-electron chi connectivity index (χ3n) is 5.82. The number of hydrogen-bond acceptors (Lipinski definition) is 6. The molecule has 0 amide bonds. The van der Waals surface area contributed by atoms with Crippen LogP contribution in [0.2, 0.25) is 0 Å². The van der Waals surface area contributed by atoms with E-state index in [9.17, 15) is 22.5 Å². The Morgan fingerprint density at radius 3 is 2.56 bits per heavy atom. The molecule has 2 aromatic heterocycles. The predicted octanol–water partition coefficient (Wildman–Crippen LogP) is 4.33. The Hall–Kier alpha value is -4.14. The van der Waals surface area contributed by atoms with E-state index in [4.69, 9.17) is 4.74 Å². The van der Waals surface area contributed by atoms with Crippen LogP contribution < -0.4 is 4.74 Å². The van der Waals surface area contributed by atoms with E-state index in [1.807, 2.05) is 0 Å². The molecule has 0 bridgehead atoms. The van der Waals surface area contributed by atoms with Gasteiger partial charge >= 0.3 is 0 Å². The molecular weight excluding hydrogens is 488 g/mol. The molecule has 0 radical (unpaired) electrons. The van der Waals surface area contributed by atoms with Crippen molar-refractivity contribution in [1.29, 1.82) is 5.26 Å². The second-order valence-electron chi connectivity index (χ2n) is 8.30. The van der Waals surface area contributed by atoms with Crippen LogP contribution in [-0.4, -0.2) is 40.3 Å². The zero-order chi connectivity index (χ0) is 25.4. The molecule has 0 N–H and O–H groups in total. The quantitative estimate of drug-likeness (QED) is 0.399. The summed E-state index contributed by atoms with van der Waals surface area (Å²) in [5.41, 5.74) is 3.20. The second-order valence-corrected chi connectivity index (χ2v) is 10.3. The van der Waals surface area contributed by atoms with Crippen molar-refractivity contribution in [3.05, 3.63) is 83.8 Å². The number of hydrogen-bond donors (Lipinski definition) is 0. The number of halogens is 2. The van der Waals surface area contributed by atoms with Gasteiger partial charge < -0.3 is 4.74 Å². The Bertz CT molecular complexity index is 1630. The molecule has 3 heterocycles. The first kappa shape index (κ1) is 23.6. The standard InChI is InChI=1S/C25H19F2N5O3S/c1-36(33,34)31-6-7-32-19(15-31)11-25(30-32)22-4-3-20(8-17(22)12-28)35-21-9-18(13-29-14-21)16-2-5-23(26)24(27)10-16/h2-5,8-11,13-14H,6-7,15H2,1H3. The van der Waals surface area contributed by atoms with Crippen LogP contribution >= 0.6 is 0 Å². The molecule has 1 aliphatic rings. The minimum Gasteiger partial charge on any atom is -0.456 e. The van der Waals surface area contributed by atoms with Crippen molar-refractivity contribution in [2.24, 2.45) is 0 Å². The topological polar surface area (TPSA) is 101 Å². The van der Waals surface area contributed by atoms with E-state index in [2.05, 4.69) is 16.2 Å². The number of nitriles is 1. The van der Waals surface area contributed by atoms with Gasteiger partial charge in [0.15, 0.2) is 11.6 Å². The Kier molecular flexibility index (Phi) is 5.99. The number of ether oxygens (including phenoxy) is 1. The summed E-state index contributed by atoms with van der Waals surface area (Å²) in [4.78, 5) is 4.11. The minimum absolute atomic E-state index is 0.218. The van der Waals surface area contributed by atoms with Gasteiger partial charge in [0.25, 0.3) is 0 Å². The Morgan fingerprint density at radius 1 is 0.972 bits per heavy atom. The molecule has 8 nitrogen and oxygen atoms in total. The molecule has 2 aromatic carbocycles. The maximum absolute atomic E-state index is 13.6. The van der Waals surface area contributed by atoms with E-state index in [1.54, 1.807) is 35.0 Å². The maximum atomic E-state index is 13.6. The lowest BCUT2D eigenvalue weighted by molar-refractivity contribution is 0.329. The van der Waals surface area contributed by atoms with Crippen LogP contribution in [0, 0.1) is 23.0 Å². The van der Waals surface area contributed by atoms with Gasteiger partial charge in [-0.25, -0.2) is 17.2 Å². The van der Waals surface area contributed by atoms with Gasteiger partial charge in [-0.05, 0) is 48.0 Å². The largest absolute Gasteiger partial charge is 0.456 e. The molecule has 36 heavy (non-hydrogen) atoms. The predicted molar refractivity (Wildman–Crippen MR) is 127 cm³/mol. The molecule has 1 aliphatic heterocycles. The van der Waals surface area contributed by atoms with Crippen molar-refractivity contribution in [3.63, 3.8) is 0 Å². The van der Waals surface area contributed by atoms with E-state index in [0.717, 1.165) is 17.8 Å². The van der Waals surface area contributed by atoms with Gasteiger partial charge in [0.1, 0.15) is 11.5 Å². The van der Waals surface area contributed by atoms with E-state index < -0.39 is 21.7 Å². The van der Waals surface area contributed by atoms with E-state index in [-0.39, 0.29) is 6.54 Å². The molecule has 0 saturated carbocycles. The highest BCUT2D eigenvalue weighted by Crippen LogP contribution is 2.32. The van der Waals surface area contributed by atoms with E-state index in [1.165, 1.54) is 29.0 Å². The molecule has 182 valence electrons. The summed E-state index contributed by atoms with van der Waals surface area (Å²) >= 11 is 0. The highest BCUT2D eigenvalue weighted by Gasteiger charge is 2.25. The summed E-state index contributed by atoms with van der Waals surface area (Å²) in [5.74, 6) is -1.16. The van der Waals surface area contributed by atoms with Gasteiger partial charge in [-0.3, -0.25) is 9.67 Å². The zero-order valence-electron chi connectivity index (χ0n) is 19.0. The smallest absolute Gasteiger partial charge is 0.211 e. The molecule has 0 fully saturated rings. The average Bonchev–Trinajstić information content (AvgIpc) is 3.28. The third-order valence-corrected chi connectivity index (χ3v) is 7.07. The average molecular weight is 508 g/mol. The first-order valence-electron chi connectivity index (χ1n) is 10.9. The van der Waals surface area contributed by atoms with Gasteiger partial charge in [0, 0.05) is 23.9 Å². The normalized spacial score (nSPS) is 13.7. The van der Waals surface area contributed by atoms with Crippen molar-refractivity contribution in [1.82, 2.24) is 19.1 Å². The van der Waals surface area contributed by atoms with E-state index >= 15 is 0 Å². The molecule has 5 rings (SSSR count). The van der Waals surface area contributed by atoms with E-state index in [0.29, 0.717) is 52.5 Å². The van der Waals surface area contributed by atoms with Crippen molar-refractivity contribution in [2.75, 3.05) is 12.8 Å². The summed E-state index contributed by atoms with van der Waals surface area (Å²) in [6.07, 6.45) is 4.16. The number of aromatic nitrogens is 3. The van der Waals surface area contributed by atoms with Crippen LogP contribution in [0.15, 0.2) is 60.9 Å². The molecule has 0 aliphatic carbocycles. The molecular formula is C25H19F2N5O3S. The van der Waals surface area contributed by atoms with Crippen LogP contribution in [0.3, 0.4) is 0 Å². The summed E-state index contributed by atoms with van der Waals surface area (Å²) in [5, 5.41) is 14.3. The number of rotatable bonds is 5. The molecule has 0 spiro atoms. The van der Waals surface area contributed by atoms with Crippen LogP contribution in [0.5, 0.6) is 11.5 Å². The molecule has 0 saturated heterocycles. The molecule has 11 heteroatoms. The SMILES string of the molecule is CS(=O)(=O)N1CCn2nc(-c3ccc(Oc4cncc(-c5ccc(F)c(F)c5)c4)cc3C#N)cc2C1. The second kappa shape index (κ2) is 9.14. The fraction of sp³-hybridized carbons (Fsp3) is 0.160. The third kappa shape index (κ3) is 4.68. The lowest BCUT2D eigenvalue weighted by Gasteiger charge is -2.25. The van der Waals surface area contributed by atoms with Crippen LogP contribution in [0.25, 0.3) is 22.4 Å². The Balaban J connectivity index is 1.40. The van der Waals surface area contributed by atoms with Crippen LogP contribution in [-0.2, 0) is 23.1 Å². The van der Waals surface area contributed by atoms with Gasteiger partial charge in [-0.2, -0.15) is 14.7 Å². The fourth-order valence-corrected chi connectivity index (χ4v) is 4.78. The van der Waals surface area contributed by atoms with Crippen molar-refractivity contribution < 1.29 is 21.9 Å². The van der Waals surface area contributed by atoms with Gasteiger partial charge in [0.05, 0.1) is 48.6 Å². The van der Waals surface area contributed by atoms with Gasteiger partial charge in [-0.15, -0.1) is 0 Å². The molecule has 0 atom stereocenters. The number of pyridine rings is 1. The highest BCUT2D eigenvalue weighted by molar-refractivity contribution is 7.88. The number of sulfonamides is 1. The lowest BCUT2D eigenvalue weighted by atomic mass is 10.0. The number of nitrogens with zero attached hydrogens (tertiary/aromatic N) is 5. The summed E-state index contributed by atoms with van der Waals surface area (Å²) < 4.78 is 59.7. The van der Waals surface area contributed by atoms with Gasteiger partial charge in [-0.1, -0.05) is 6.07 Å². The van der Waals surface area contributed by atoms with Crippen molar-refractivity contribution >= 4 is 10.0 Å².